The van der Waals surface area contributed by atoms with Gasteiger partial charge in [-0.2, -0.15) is 0 Å². The second-order valence-electron chi connectivity index (χ2n) is 8.78. The number of ether oxygens (including phenoxy) is 2. The van der Waals surface area contributed by atoms with Crippen molar-refractivity contribution in [3.8, 4) is 22.3 Å². The van der Waals surface area contributed by atoms with Gasteiger partial charge in [0.1, 0.15) is 5.82 Å². The van der Waals surface area contributed by atoms with Crippen molar-refractivity contribution in [2.24, 2.45) is 5.92 Å². The van der Waals surface area contributed by atoms with Gasteiger partial charge in [0, 0.05) is 16.7 Å². The van der Waals surface area contributed by atoms with Gasteiger partial charge in [-0.3, -0.25) is 0 Å². The van der Waals surface area contributed by atoms with Gasteiger partial charge >= 0.3 is 0 Å². The van der Waals surface area contributed by atoms with Gasteiger partial charge in [0.05, 0.1) is 21.1 Å². The molecule has 0 saturated carbocycles. The predicted octanol–water partition coefficient (Wildman–Crippen LogP) is 7.59. The predicted molar refractivity (Wildman–Crippen MR) is 134 cm³/mol. The number of hydrogen-bond acceptors (Lipinski definition) is 2. The van der Waals surface area contributed by atoms with Gasteiger partial charge in [-0.15, -0.1) is 0 Å². The number of benzene rings is 3. The highest BCUT2D eigenvalue weighted by Gasteiger charge is 2.23. The molecule has 1 aliphatic rings. The topological polar surface area (TPSA) is 18.5 Å². The Hall–Kier alpha value is -2.83. The van der Waals surface area contributed by atoms with Gasteiger partial charge < -0.3 is 9.47 Å². The number of hydrogen-bond donors (Lipinski definition) is 0. The number of allylic oxidation sites excluding steroid dienone is 2. The molecule has 2 nitrogen and oxygen atoms in total. The minimum absolute atomic E-state index is 0.145. The second kappa shape index (κ2) is 11.7. The molecule has 35 heavy (non-hydrogen) atoms. The largest absolute Gasteiger partial charge is 0.348 e. The molecule has 1 fully saturated rings. The first-order chi connectivity index (χ1) is 17.0. The van der Waals surface area contributed by atoms with Gasteiger partial charge in [-0.1, -0.05) is 67.0 Å². The smallest absolute Gasteiger partial charge is 0.183 e. The van der Waals surface area contributed by atoms with Gasteiger partial charge in [-0.05, 0) is 54.9 Å². The van der Waals surface area contributed by atoms with E-state index in [-0.39, 0.29) is 11.5 Å². The summed E-state index contributed by atoms with van der Waals surface area (Å²) in [6.07, 6.45) is 5.88. The van der Waals surface area contributed by atoms with Crippen LogP contribution in [0.5, 0.6) is 0 Å². The lowest BCUT2D eigenvalue weighted by Gasteiger charge is -2.29. The molecule has 1 heterocycles. The summed E-state index contributed by atoms with van der Waals surface area (Å²) >= 11 is 0. The van der Waals surface area contributed by atoms with Crippen molar-refractivity contribution in [1.29, 1.82) is 0 Å². The molecule has 1 aliphatic heterocycles. The van der Waals surface area contributed by atoms with E-state index in [0.29, 0.717) is 53.8 Å². The van der Waals surface area contributed by atoms with Crippen LogP contribution in [0.2, 0.25) is 6.32 Å². The molecule has 6 heteroatoms. The molecule has 4 rings (SSSR count). The monoisotopic (exact) mass is 476 g/mol. The summed E-state index contributed by atoms with van der Waals surface area (Å²) in [4.78, 5) is 0. The molecule has 3 aromatic rings. The van der Waals surface area contributed by atoms with E-state index in [4.69, 9.17) is 17.3 Å². The van der Waals surface area contributed by atoms with Crippen molar-refractivity contribution >= 4 is 7.85 Å². The third-order valence-electron chi connectivity index (χ3n) is 6.29. The van der Waals surface area contributed by atoms with Gasteiger partial charge in [0.2, 0.25) is 0 Å². The quantitative estimate of drug-likeness (QED) is 0.190. The molecule has 0 atom stereocenters. The molecule has 0 spiro atoms. The third-order valence-corrected chi connectivity index (χ3v) is 6.29. The Morgan fingerprint density at radius 1 is 0.886 bits per heavy atom. The highest BCUT2D eigenvalue weighted by Crippen LogP contribution is 2.33. The molecular weight excluding hydrogens is 448 g/mol. The van der Waals surface area contributed by atoms with E-state index in [1.165, 1.54) is 6.07 Å². The Morgan fingerprint density at radius 3 is 2.17 bits per heavy atom. The summed E-state index contributed by atoms with van der Waals surface area (Å²) in [5, 5.41) is 0. The molecular formula is C29H28BF3O2. The van der Waals surface area contributed by atoms with Gasteiger partial charge in [0.25, 0.3) is 0 Å². The summed E-state index contributed by atoms with van der Waals surface area (Å²) in [7, 11) is 5.63. The van der Waals surface area contributed by atoms with Crippen LogP contribution in [0.1, 0.15) is 37.2 Å². The van der Waals surface area contributed by atoms with Crippen LogP contribution in [0.4, 0.5) is 13.2 Å². The number of rotatable bonds is 8. The number of aryl methyl sites for hydroxylation is 1. The minimum Gasteiger partial charge on any atom is -0.348 e. The number of unbranched alkanes of at least 4 members (excludes halogenated alkanes) is 1. The average Bonchev–Trinajstić information content (AvgIpc) is 2.89. The fourth-order valence-electron chi connectivity index (χ4n) is 4.20. The molecule has 0 amide bonds. The molecule has 0 aromatic heterocycles. The van der Waals surface area contributed by atoms with E-state index in [2.05, 4.69) is 0 Å². The average molecular weight is 476 g/mol. The van der Waals surface area contributed by atoms with Gasteiger partial charge in [0.15, 0.2) is 17.9 Å². The van der Waals surface area contributed by atoms with E-state index >= 15 is 0 Å². The first-order valence-corrected chi connectivity index (χ1v) is 11.9. The lowest BCUT2D eigenvalue weighted by molar-refractivity contribution is -0.202. The van der Waals surface area contributed by atoms with Crippen molar-refractivity contribution in [2.45, 2.75) is 38.8 Å². The van der Waals surface area contributed by atoms with Crippen LogP contribution in [0.3, 0.4) is 0 Å². The lowest BCUT2D eigenvalue weighted by Crippen LogP contribution is -2.26. The molecule has 0 unspecified atom stereocenters. The maximum Gasteiger partial charge on any atom is 0.183 e. The van der Waals surface area contributed by atoms with Crippen LogP contribution in [0.25, 0.3) is 22.3 Å². The van der Waals surface area contributed by atoms with Crippen LogP contribution in [-0.4, -0.2) is 21.1 Å². The highest BCUT2D eigenvalue weighted by atomic mass is 19.2. The van der Waals surface area contributed by atoms with Crippen LogP contribution < -0.4 is 0 Å². The Bertz CT molecular complexity index is 1170. The first-order valence-electron chi connectivity index (χ1n) is 11.9. The van der Waals surface area contributed by atoms with Crippen LogP contribution >= 0.6 is 0 Å². The van der Waals surface area contributed by atoms with E-state index in [9.17, 15) is 13.2 Å². The van der Waals surface area contributed by atoms with Crippen LogP contribution in [0.15, 0.2) is 66.7 Å². The second-order valence-corrected chi connectivity index (χ2v) is 8.78. The fourth-order valence-corrected chi connectivity index (χ4v) is 4.20. The van der Waals surface area contributed by atoms with Crippen LogP contribution in [-0.2, 0) is 15.9 Å². The molecule has 3 aromatic carbocycles. The van der Waals surface area contributed by atoms with Crippen molar-refractivity contribution in [2.75, 3.05) is 13.2 Å². The zero-order valence-electron chi connectivity index (χ0n) is 19.8. The fraction of sp³-hybridized carbons (Fsp3) is 0.310. The number of halogens is 3. The standard InChI is InChI=1S/C29H28BF3O2/c1-2-3-4-5-6-22-11-14-25(28(33)27(22)32)21-9-7-20(8-10-21)24-13-12-23(15-26(24)31)29-34-17-19(16-30)18-35-29/h2-3,7-15,19,29H,4-6,16-18H2,1H3/b3-2-. The Morgan fingerprint density at radius 2 is 1.54 bits per heavy atom. The summed E-state index contributed by atoms with van der Waals surface area (Å²) in [5.74, 6) is -1.94. The van der Waals surface area contributed by atoms with Crippen molar-refractivity contribution in [1.82, 2.24) is 0 Å². The SMILES string of the molecule is [B]CC1COC(c2ccc(-c3ccc(-c4ccc(CCC/C=C\C)c(F)c4F)cc3)c(F)c2)OC1. The molecule has 180 valence electrons. The summed E-state index contributed by atoms with van der Waals surface area (Å²) in [5.41, 5.74) is 2.72. The Labute approximate surface area is 206 Å². The Kier molecular flexibility index (Phi) is 8.48. The molecule has 0 bridgehead atoms. The van der Waals surface area contributed by atoms with E-state index in [1.54, 1.807) is 48.5 Å². The third kappa shape index (κ3) is 5.88. The maximum atomic E-state index is 14.9. The van der Waals surface area contributed by atoms with Crippen molar-refractivity contribution in [3.05, 3.63) is 95.3 Å². The van der Waals surface area contributed by atoms with E-state index < -0.39 is 23.7 Å². The zero-order chi connectivity index (χ0) is 24.8. The van der Waals surface area contributed by atoms with Crippen molar-refractivity contribution in [3.63, 3.8) is 0 Å². The van der Waals surface area contributed by atoms with E-state index in [1.807, 2.05) is 19.1 Å². The van der Waals surface area contributed by atoms with Crippen molar-refractivity contribution < 1.29 is 22.6 Å². The summed E-state index contributed by atoms with van der Waals surface area (Å²) in [6.45, 7) is 2.88. The highest BCUT2D eigenvalue weighted by molar-refractivity contribution is 6.08. The first kappa shape index (κ1) is 25.3. The zero-order valence-corrected chi connectivity index (χ0v) is 19.8. The van der Waals surface area contributed by atoms with E-state index in [0.717, 1.165) is 12.8 Å². The summed E-state index contributed by atoms with van der Waals surface area (Å²) in [6, 6.07) is 14.8. The molecule has 0 N–H and O–H groups in total. The minimum atomic E-state index is -0.860. The Balaban J connectivity index is 1.49. The van der Waals surface area contributed by atoms with Crippen LogP contribution in [0, 0.1) is 23.4 Å². The summed E-state index contributed by atoms with van der Waals surface area (Å²) < 4.78 is 55.7. The normalized spacial score (nSPS) is 18.3. The molecule has 2 radical (unpaired) electrons. The molecule has 1 saturated heterocycles. The van der Waals surface area contributed by atoms with Gasteiger partial charge in [-0.25, -0.2) is 13.2 Å². The lowest BCUT2D eigenvalue weighted by atomic mass is 9.92. The molecule has 0 aliphatic carbocycles. The maximum absolute atomic E-state index is 14.9.